The molecule has 0 unspecified atom stereocenters. The lowest BCUT2D eigenvalue weighted by Gasteiger charge is -2.45. The van der Waals surface area contributed by atoms with Crippen LogP contribution >= 0.6 is 0 Å². The van der Waals surface area contributed by atoms with Crippen LogP contribution in [0.25, 0.3) is 0 Å². The Balaban J connectivity index is 1.89. The molecule has 1 N–H and O–H groups in total. The third-order valence-electron chi connectivity index (χ3n) is 4.95. The monoisotopic (exact) mass is 301 g/mol. The van der Waals surface area contributed by atoms with Gasteiger partial charge < -0.3 is 10.1 Å². The van der Waals surface area contributed by atoms with Crippen LogP contribution in [0.3, 0.4) is 0 Å². The first-order valence-electron chi connectivity index (χ1n) is 8.49. The molecule has 1 amide bonds. The molecule has 2 aliphatic rings. The summed E-state index contributed by atoms with van der Waals surface area (Å²) in [6.07, 6.45) is 6.84. The summed E-state index contributed by atoms with van der Waals surface area (Å²) in [6.45, 7) is 5.89. The fourth-order valence-corrected chi connectivity index (χ4v) is 3.62. The summed E-state index contributed by atoms with van der Waals surface area (Å²) in [5.41, 5.74) is 0.673. The van der Waals surface area contributed by atoms with Gasteiger partial charge in [0.1, 0.15) is 11.4 Å². The van der Waals surface area contributed by atoms with Gasteiger partial charge in [-0.2, -0.15) is 0 Å². The van der Waals surface area contributed by atoms with Crippen molar-refractivity contribution in [1.82, 2.24) is 5.32 Å². The van der Waals surface area contributed by atoms with Crippen LogP contribution < -0.4 is 10.1 Å². The predicted molar refractivity (Wildman–Crippen MR) is 87.8 cm³/mol. The van der Waals surface area contributed by atoms with E-state index in [0.717, 1.165) is 30.6 Å². The second kappa shape index (κ2) is 5.60. The van der Waals surface area contributed by atoms with Gasteiger partial charge in [0.2, 0.25) is 5.91 Å². The zero-order valence-electron chi connectivity index (χ0n) is 13.9. The first-order chi connectivity index (χ1) is 10.4. The summed E-state index contributed by atoms with van der Waals surface area (Å²) in [5.74, 6) is 1.06. The van der Waals surface area contributed by atoms with Gasteiger partial charge in [-0.25, -0.2) is 0 Å². The van der Waals surface area contributed by atoms with Crippen LogP contribution in [0.4, 0.5) is 0 Å². The fourth-order valence-electron chi connectivity index (χ4n) is 3.62. The molecule has 3 heteroatoms. The van der Waals surface area contributed by atoms with Gasteiger partial charge in [0, 0.05) is 17.4 Å². The molecule has 1 aromatic carbocycles. The van der Waals surface area contributed by atoms with Gasteiger partial charge in [-0.1, -0.05) is 45.4 Å². The largest absolute Gasteiger partial charge is 0.487 e. The van der Waals surface area contributed by atoms with Gasteiger partial charge >= 0.3 is 0 Å². The van der Waals surface area contributed by atoms with Crippen LogP contribution in [0.2, 0.25) is 0 Å². The van der Waals surface area contributed by atoms with Crippen molar-refractivity contribution in [3.63, 3.8) is 0 Å². The minimum Gasteiger partial charge on any atom is -0.487 e. The molecular weight excluding hydrogens is 274 g/mol. The number of rotatable bonds is 1. The molecule has 1 saturated carbocycles. The summed E-state index contributed by atoms with van der Waals surface area (Å²) in [5, 5.41) is 3.27. The second-order valence-corrected chi connectivity index (χ2v) is 7.86. The van der Waals surface area contributed by atoms with Crippen LogP contribution in [0.5, 0.6) is 5.75 Å². The third kappa shape index (κ3) is 2.99. The standard InChI is InChI=1S/C19H27NO2/c1-18(2,3)17(21)20-15-13-19(11-7-4-8-12-19)22-16-10-6-5-9-14(15)16/h5-6,9-10,15H,4,7-8,11-13H2,1-3H3,(H,20,21)/t15-/m1/s1. The Labute approximate surface area is 133 Å². The molecule has 0 radical (unpaired) electrons. The van der Waals surface area contributed by atoms with Crippen molar-refractivity contribution < 1.29 is 9.53 Å². The van der Waals surface area contributed by atoms with Crippen molar-refractivity contribution in [2.24, 2.45) is 5.41 Å². The first kappa shape index (κ1) is 15.4. The molecule has 3 rings (SSSR count). The highest BCUT2D eigenvalue weighted by Gasteiger charge is 2.42. The van der Waals surface area contributed by atoms with E-state index in [9.17, 15) is 4.79 Å². The number of benzene rings is 1. The third-order valence-corrected chi connectivity index (χ3v) is 4.95. The molecule has 0 saturated heterocycles. The average molecular weight is 301 g/mol. The van der Waals surface area contributed by atoms with Gasteiger partial charge in [-0.05, 0) is 31.7 Å². The zero-order valence-corrected chi connectivity index (χ0v) is 13.9. The number of carbonyl (C=O) groups is 1. The highest BCUT2D eigenvalue weighted by atomic mass is 16.5. The lowest BCUT2D eigenvalue weighted by atomic mass is 9.77. The van der Waals surface area contributed by atoms with E-state index in [4.69, 9.17) is 4.74 Å². The van der Waals surface area contributed by atoms with Crippen molar-refractivity contribution in [1.29, 1.82) is 0 Å². The summed E-state index contributed by atoms with van der Waals surface area (Å²) in [6, 6.07) is 8.23. The molecular formula is C19H27NO2. The Morgan fingerprint density at radius 2 is 1.86 bits per heavy atom. The maximum atomic E-state index is 12.5. The molecule has 1 aliphatic carbocycles. The first-order valence-corrected chi connectivity index (χ1v) is 8.49. The van der Waals surface area contributed by atoms with Crippen LogP contribution in [-0.4, -0.2) is 11.5 Å². The number of carbonyl (C=O) groups excluding carboxylic acids is 1. The highest BCUT2D eigenvalue weighted by molar-refractivity contribution is 5.81. The number of hydrogen-bond acceptors (Lipinski definition) is 2. The maximum Gasteiger partial charge on any atom is 0.225 e. The van der Waals surface area contributed by atoms with Crippen LogP contribution in [0.1, 0.15) is 70.9 Å². The van der Waals surface area contributed by atoms with Crippen LogP contribution in [0.15, 0.2) is 24.3 Å². The number of ether oxygens (including phenoxy) is 1. The number of fused-ring (bicyclic) bond motifs is 1. The molecule has 1 spiro atoms. The molecule has 22 heavy (non-hydrogen) atoms. The van der Waals surface area contributed by atoms with E-state index in [1.807, 2.05) is 39.0 Å². The average Bonchev–Trinajstić information content (AvgIpc) is 2.47. The normalized spacial score (nSPS) is 23.5. The second-order valence-electron chi connectivity index (χ2n) is 7.86. The van der Waals surface area contributed by atoms with Crippen molar-refractivity contribution in [2.45, 2.75) is 70.9 Å². The van der Waals surface area contributed by atoms with E-state index in [1.165, 1.54) is 19.3 Å². The Kier molecular flexibility index (Phi) is 3.92. The lowest BCUT2D eigenvalue weighted by Crippen LogP contribution is -2.48. The fraction of sp³-hybridized carbons (Fsp3) is 0.632. The van der Waals surface area contributed by atoms with Crippen molar-refractivity contribution >= 4 is 5.91 Å². The molecule has 1 fully saturated rings. The smallest absolute Gasteiger partial charge is 0.225 e. The highest BCUT2D eigenvalue weighted by Crippen LogP contribution is 2.46. The molecule has 1 atom stereocenters. The molecule has 1 aromatic rings. The Morgan fingerprint density at radius 3 is 2.55 bits per heavy atom. The van der Waals surface area contributed by atoms with Crippen LogP contribution in [-0.2, 0) is 4.79 Å². The van der Waals surface area contributed by atoms with Gasteiger partial charge in [-0.15, -0.1) is 0 Å². The maximum absolute atomic E-state index is 12.5. The predicted octanol–water partition coefficient (Wildman–Crippen LogP) is 4.38. The molecule has 120 valence electrons. The summed E-state index contributed by atoms with van der Waals surface area (Å²) in [4.78, 5) is 12.5. The van der Waals surface area contributed by atoms with E-state index < -0.39 is 0 Å². The Bertz CT molecular complexity index is 553. The van der Waals surface area contributed by atoms with Gasteiger partial charge in [0.05, 0.1) is 6.04 Å². The van der Waals surface area contributed by atoms with E-state index in [1.54, 1.807) is 0 Å². The van der Waals surface area contributed by atoms with E-state index in [0.29, 0.717) is 0 Å². The molecule has 0 bridgehead atoms. The summed E-state index contributed by atoms with van der Waals surface area (Å²) >= 11 is 0. The minimum atomic E-state index is -0.368. The Hall–Kier alpha value is -1.51. The number of para-hydroxylation sites is 1. The van der Waals surface area contributed by atoms with Crippen molar-refractivity contribution in [3.8, 4) is 5.75 Å². The van der Waals surface area contributed by atoms with E-state index >= 15 is 0 Å². The SMILES string of the molecule is CC(C)(C)C(=O)N[C@@H]1CC2(CCCCC2)Oc2ccccc21. The van der Waals surface area contributed by atoms with Crippen molar-refractivity contribution in [2.75, 3.05) is 0 Å². The molecule has 3 nitrogen and oxygen atoms in total. The topological polar surface area (TPSA) is 38.3 Å². The zero-order chi connectivity index (χ0) is 15.8. The summed E-state index contributed by atoms with van der Waals surface area (Å²) < 4.78 is 6.41. The van der Waals surface area contributed by atoms with Gasteiger partial charge in [0.15, 0.2) is 0 Å². The number of nitrogens with one attached hydrogen (secondary N) is 1. The molecule has 0 aromatic heterocycles. The van der Waals surface area contributed by atoms with Crippen LogP contribution in [0, 0.1) is 5.41 Å². The lowest BCUT2D eigenvalue weighted by molar-refractivity contribution is -0.130. The number of amides is 1. The van der Waals surface area contributed by atoms with Gasteiger partial charge in [0.25, 0.3) is 0 Å². The summed E-state index contributed by atoms with van der Waals surface area (Å²) in [7, 11) is 0. The quantitative estimate of drug-likeness (QED) is 0.836. The molecule has 1 aliphatic heterocycles. The van der Waals surface area contributed by atoms with Gasteiger partial charge in [-0.3, -0.25) is 4.79 Å². The van der Waals surface area contributed by atoms with E-state index in [2.05, 4.69) is 11.4 Å². The minimum absolute atomic E-state index is 0.0646. The van der Waals surface area contributed by atoms with Crippen molar-refractivity contribution in [3.05, 3.63) is 29.8 Å². The Morgan fingerprint density at radius 1 is 1.18 bits per heavy atom. The molecule has 1 heterocycles. The van der Waals surface area contributed by atoms with E-state index in [-0.39, 0.29) is 23.0 Å². The number of hydrogen-bond donors (Lipinski definition) is 1.